The van der Waals surface area contributed by atoms with Crippen molar-refractivity contribution in [3.05, 3.63) is 16.1 Å². The van der Waals surface area contributed by atoms with Crippen LogP contribution in [0.4, 0.5) is 4.79 Å². The minimum Gasteiger partial charge on any atom is -0.350 e. The largest absolute Gasteiger partial charge is 0.350 e. The maximum absolute atomic E-state index is 12.2. The number of thiazole rings is 1. The van der Waals surface area contributed by atoms with Crippen LogP contribution >= 0.6 is 11.3 Å². The Hall–Kier alpha value is -1.63. The third-order valence-electron chi connectivity index (χ3n) is 4.26. The van der Waals surface area contributed by atoms with Crippen molar-refractivity contribution < 1.29 is 9.59 Å². The number of piperidine rings is 1. The molecule has 1 aromatic rings. The molecule has 0 unspecified atom stereocenters. The number of amides is 3. The van der Waals surface area contributed by atoms with E-state index >= 15 is 0 Å². The van der Waals surface area contributed by atoms with Crippen molar-refractivity contribution in [1.82, 2.24) is 20.5 Å². The molecular weight excluding hydrogens is 324 g/mol. The van der Waals surface area contributed by atoms with Crippen molar-refractivity contribution in [3.8, 4) is 0 Å². The molecule has 1 aliphatic rings. The Morgan fingerprint density at radius 1 is 1.33 bits per heavy atom. The summed E-state index contributed by atoms with van der Waals surface area (Å²) in [6, 6.07) is -0.00698. The molecule has 7 heteroatoms. The highest BCUT2D eigenvalue weighted by Gasteiger charge is 2.27. The van der Waals surface area contributed by atoms with Crippen molar-refractivity contribution in [2.45, 2.75) is 46.6 Å². The van der Waals surface area contributed by atoms with Crippen molar-refractivity contribution in [3.63, 3.8) is 0 Å². The molecular formula is C17H28N4O2S. The number of aromatic nitrogens is 1. The molecule has 1 saturated heterocycles. The first-order valence-electron chi connectivity index (χ1n) is 8.67. The van der Waals surface area contributed by atoms with Gasteiger partial charge in [-0.05, 0) is 32.1 Å². The van der Waals surface area contributed by atoms with E-state index in [0.29, 0.717) is 32.1 Å². The average molecular weight is 353 g/mol. The van der Waals surface area contributed by atoms with Crippen molar-refractivity contribution in [2.24, 2.45) is 11.8 Å². The second-order valence-corrected chi connectivity index (χ2v) is 7.81. The average Bonchev–Trinajstić information content (AvgIpc) is 2.98. The summed E-state index contributed by atoms with van der Waals surface area (Å²) in [5.41, 5.74) is 0.910. The maximum Gasteiger partial charge on any atom is 0.317 e. The predicted octanol–water partition coefficient (Wildman–Crippen LogP) is 2.54. The first-order valence-corrected chi connectivity index (χ1v) is 9.55. The Labute approximate surface area is 148 Å². The van der Waals surface area contributed by atoms with Crippen molar-refractivity contribution in [2.75, 3.05) is 19.6 Å². The Balaban J connectivity index is 1.67. The van der Waals surface area contributed by atoms with Gasteiger partial charge in [-0.15, -0.1) is 11.3 Å². The highest BCUT2D eigenvalue weighted by Crippen LogP contribution is 2.18. The molecule has 0 spiro atoms. The number of carbonyl (C=O) groups excluding carboxylic acids is 2. The van der Waals surface area contributed by atoms with E-state index in [-0.39, 0.29) is 17.9 Å². The molecule has 134 valence electrons. The summed E-state index contributed by atoms with van der Waals surface area (Å²) in [5, 5.41) is 8.90. The topological polar surface area (TPSA) is 74.3 Å². The molecule has 6 nitrogen and oxygen atoms in total. The van der Waals surface area contributed by atoms with Crippen LogP contribution in [0.1, 0.15) is 43.8 Å². The minimum absolute atomic E-state index is 0.00698. The lowest BCUT2D eigenvalue weighted by Crippen LogP contribution is -2.47. The lowest BCUT2D eigenvalue weighted by molar-refractivity contribution is -0.126. The molecule has 2 rings (SSSR count). The molecule has 0 radical (unpaired) electrons. The van der Waals surface area contributed by atoms with Gasteiger partial charge < -0.3 is 15.5 Å². The first-order chi connectivity index (χ1) is 11.5. The van der Waals surface area contributed by atoms with E-state index in [1.54, 1.807) is 11.3 Å². The number of hydrogen-bond acceptors (Lipinski definition) is 4. The second kappa shape index (κ2) is 9.01. The molecule has 0 bridgehead atoms. The van der Waals surface area contributed by atoms with Crippen LogP contribution in [0.15, 0.2) is 5.38 Å². The van der Waals surface area contributed by atoms with Crippen LogP contribution in [0.2, 0.25) is 0 Å². The standard InChI is InChI=1S/C17H28N4O2S/c1-12(2)4-7-18-17(23)21-8-5-14(6-9-21)16(22)19-10-15-11-24-13(3)20-15/h11-12,14H,4-10H2,1-3H3,(H,18,23)(H,19,22). The SMILES string of the molecule is Cc1nc(CNC(=O)C2CCN(C(=O)NCCC(C)C)CC2)cs1. The Morgan fingerprint density at radius 2 is 2.04 bits per heavy atom. The molecule has 0 aromatic carbocycles. The van der Waals surface area contributed by atoms with E-state index in [4.69, 9.17) is 0 Å². The quantitative estimate of drug-likeness (QED) is 0.826. The van der Waals surface area contributed by atoms with Crippen LogP contribution in [0, 0.1) is 18.8 Å². The highest BCUT2D eigenvalue weighted by molar-refractivity contribution is 7.09. The number of nitrogens with zero attached hydrogens (tertiary/aromatic N) is 2. The van der Waals surface area contributed by atoms with Crippen LogP contribution in [-0.2, 0) is 11.3 Å². The molecule has 1 aromatic heterocycles. The van der Waals surface area contributed by atoms with Gasteiger partial charge in [-0.3, -0.25) is 4.79 Å². The van der Waals surface area contributed by atoms with Gasteiger partial charge in [0.1, 0.15) is 0 Å². The number of aryl methyl sites for hydroxylation is 1. The third kappa shape index (κ3) is 5.78. The van der Waals surface area contributed by atoms with E-state index < -0.39 is 0 Å². The van der Waals surface area contributed by atoms with Gasteiger partial charge in [0.15, 0.2) is 0 Å². The minimum atomic E-state index is -0.00977. The van der Waals surface area contributed by atoms with Gasteiger partial charge in [0.25, 0.3) is 0 Å². The van der Waals surface area contributed by atoms with E-state index in [1.165, 1.54) is 0 Å². The van der Waals surface area contributed by atoms with Crippen LogP contribution in [0.3, 0.4) is 0 Å². The van der Waals surface area contributed by atoms with Crippen LogP contribution in [-0.4, -0.2) is 41.5 Å². The molecule has 3 amide bonds. The van der Waals surface area contributed by atoms with E-state index in [9.17, 15) is 9.59 Å². The number of carbonyl (C=O) groups is 2. The summed E-state index contributed by atoms with van der Waals surface area (Å²) >= 11 is 1.59. The van der Waals surface area contributed by atoms with Gasteiger partial charge in [-0.2, -0.15) is 0 Å². The number of likely N-dealkylation sites (tertiary alicyclic amines) is 1. The summed E-state index contributed by atoms with van der Waals surface area (Å²) in [5.74, 6) is 0.645. The molecule has 0 aliphatic carbocycles. The van der Waals surface area contributed by atoms with Gasteiger partial charge in [0, 0.05) is 30.9 Å². The number of urea groups is 1. The maximum atomic E-state index is 12.2. The zero-order valence-corrected chi connectivity index (χ0v) is 15.6. The Morgan fingerprint density at radius 3 is 2.62 bits per heavy atom. The lowest BCUT2D eigenvalue weighted by Gasteiger charge is -2.31. The predicted molar refractivity (Wildman–Crippen MR) is 95.8 cm³/mol. The molecule has 2 heterocycles. The fraction of sp³-hybridized carbons (Fsp3) is 0.706. The monoisotopic (exact) mass is 352 g/mol. The van der Waals surface area contributed by atoms with Crippen molar-refractivity contribution in [1.29, 1.82) is 0 Å². The summed E-state index contributed by atoms with van der Waals surface area (Å²) in [6.45, 7) is 8.72. The first kappa shape index (κ1) is 18.7. The van der Waals surface area contributed by atoms with Gasteiger partial charge in [0.2, 0.25) is 5.91 Å². The molecule has 0 saturated carbocycles. The second-order valence-electron chi connectivity index (χ2n) is 6.75. The van der Waals surface area contributed by atoms with Crippen molar-refractivity contribution >= 4 is 23.3 Å². The number of hydrogen-bond donors (Lipinski definition) is 2. The fourth-order valence-corrected chi connectivity index (χ4v) is 3.35. The van der Waals surface area contributed by atoms with Gasteiger partial charge in [-0.1, -0.05) is 13.8 Å². The van der Waals surface area contributed by atoms with Gasteiger partial charge in [-0.25, -0.2) is 9.78 Å². The molecule has 2 N–H and O–H groups in total. The number of rotatable bonds is 6. The van der Waals surface area contributed by atoms with E-state index in [0.717, 1.165) is 30.0 Å². The Bertz CT molecular complexity index is 551. The third-order valence-corrected chi connectivity index (χ3v) is 5.08. The number of nitrogens with one attached hydrogen (secondary N) is 2. The summed E-state index contributed by atoms with van der Waals surface area (Å²) < 4.78 is 0. The van der Waals surface area contributed by atoms with Crippen LogP contribution in [0.25, 0.3) is 0 Å². The molecule has 1 aliphatic heterocycles. The highest BCUT2D eigenvalue weighted by atomic mass is 32.1. The Kier molecular flexibility index (Phi) is 7.02. The smallest absolute Gasteiger partial charge is 0.317 e. The molecule has 1 fully saturated rings. The van der Waals surface area contributed by atoms with Gasteiger partial charge in [0.05, 0.1) is 17.2 Å². The molecule has 0 atom stereocenters. The van der Waals surface area contributed by atoms with Crippen LogP contribution < -0.4 is 10.6 Å². The lowest BCUT2D eigenvalue weighted by atomic mass is 9.96. The van der Waals surface area contributed by atoms with Crippen LogP contribution in [0.5, 0.6) is 0 Å². The fourth-order valence-electron chi connectivity index (χ4n) is 2.74. The summed E-state index contributed by atoms with van der Waals surface area (Å²) in [6.07, 6.45) is 2.43. The zero-order chi connectivity index (χ0) is 17.5. The van der Waals surface area contributed by atoms with Gasteiger partial charge >= 0.3 is 6.03 Å². The molecule has 24 heavy (non-hydrogen) atoms. The summed E-state index contributed by atoms with van der Waals surface area (Å²) in [4.78, 5) is 30.5. The zero-order valence-electron chi connectivity index (χ0n) is 14.8. The normalized spacial score (nSPS) is 15.6. The van der Waals surface area contributed by atoms with E-state index in [2.05, 4.69) is 29.5 Å². The van der Waals surface area contributed by atoms with E-state index in [1.807, 2.05) is 17.2 Å². The summed E-state index contributed by atoms with van der Waals surface area (Å²) in [7, 11) is 0.